The zero-order valence-corrected chi connectivity index (χ0v) is 14.9. The van der Waals surface area contributed by atoms with E-state index in [4.69, 9.17) is 21.1 Å². The lowest BCUT2D eigenvalue weighted by atomic mass is 10.1. The molecule has 0 spiro atoms. The largest absolute Gasteiger partial charge is 0.482 e. The molecule has 0 amide bonds. The van der Waals surface area contributed by atoms with E-state index in [1.165, 1.54) is 0 Å². The number of hydrogen-bond acceptors (Lipinski definition) is 3. The molecule has 0 heterocycles. The first-order chi connectivity index (χ1) is 11.7. The van der Waals surface area contributed by atoms with Crippen LogP contribution in [-0.4, -0.2) is 5.97 Å². The molecule has 1 unspecified atom stereocenters. The fraction of sp³-hybridized carbons (Fsp3) is 0.350. The van der Waals surface area contributed by atoms with Crippen LogP contribution >= 0.6 is 11.6 Å². The molecule has 0 bridgehead atoms. The molecular formula is C20H23ClO3. The lowest BCUT2D eigenvalue weighted by Crippen LogP contribution is -2.11. The van der Waals surface area contributed by atoms with Crippen molar-refractivity contribution in [2.75, 3.05) is 0 Å². The summed E-state index contributed by atoms with van der Waals surface area (Å²) in [6, 6.07) is 15.2. The minimum Gasteiger partial charge on any atom is -0.482 e. The third kappa shape index (κ3) is 5.00. The van der Waals surface area contributed by atoms with Gasteiger partial charge in [-0.15, -0.1) is 0 Å². The van der Waals surface area contributed by atoms with Gasteiger partial charge in [-0.2, -0.15) is 0 Å². The number of para-hydroxylation sites is 1. The van der Waals surface area contributed by atoms with E-state index < -0.39 is 0 Å². The summed E-state index contributed by atoms with van der Waals surface area (Å²) in [4.78, 5) is 12.0. The van der Waals surface area contributed by atoms with Crippen LogP contribution in [0.5, 0.6) is 11.5 Å². The van der Waals surface area contributed by atoms with Gasteiger partial charge in [-0.05, 0) is 30.5 Å². The van der Waals surface area contributed by atoms with Gasteiger partial charge in [-0.1, -0.05) is 68.3 Å². The highest BCUT2D eigenvalue weighted by molar-refractivity contribution is 6.32. The predicted molar refractivity (Wildman–Crippen MR) is 96.7 cm³/mol. The fourth-order valence-electron chi connectivity index (χ4n) is 2.37. The number of esters is 1. The van der Waals surface area contributed by atoms with Crippen molar-refractivity contribution in [2.45, 2.75) is 45.6 Å². The Balaban J connectivity index is 2.20. The fourth-order valence-corrected chi connectivity index (χ4v) is 2.58. The lowest BCUT2D eigenvalue weighted by Gasteiger charge is -2.20. The Morgan fingerprint density at radius 3 is 2.50 bits per heavy atom. The predicted octanol–water partition coefficient (Wildman–Crippen LogP) is 5.97. The van der Waals surface area contributed by atoms with Crippen LogP contribution in [0.1, 0.15) is 51.2 Å². The highest BCUT2D eigenvalue weighted by Gasteiger charge is 2.18. The maximum absolute atomic E-state index is 12.0. The second-order valence-corrected chi connectivity index (χ2v) is 5.98. The van der Waals surface area contributed by atoms with Crippen LogP contribution in [0.2, 0.25) is 5.02 Å². The van der Waals surface area contributed by atoms with Crippen LogP contribution in [-0.2, 0) is 4.79 Å². The highest BCUT2D eigenvalue weighted by Crippen LogP contribution is 2.38. The number of hydrogen-bond donors (Lipinski definition) is 0. The number of carbonyl (C=O) groups is 1. The molecule has 128 valence electrons. The molecule has 0 N–H and O–H groups in total. The molecule has 0 saturated heterocycles. The van der Waals surface area contributed by atoms with Gasteiger partial charge in [0.15, 0.2) is 11.5 Å². The van der Waals surface area contributed by atoms with E-state index in [-0.39, 0.29) is 12.1 Å². The standard InChI is InChI=1S/C20H23ClO3/c1-3-5-14-19(22)24-20-16(21)12-9-13-18(20)23-17(4-2)15-10-7-6-8-11-15/h6-13,17H,3-5,14H2,1-2H3. The van der Waals surface area contributed by atoms with Crippen LogP contribution < -0.4 is 9.47 Å². The third-order valence-corrected chi connectivity index (χ3v) is 3.99. The van der Waals surface area contributed by atoms with E-state index in [9.17, 15) is 4.79 Å². The topological polar surface area (TPSA) is 35.5 Å². The monoisotopic (exact) mass is 346 g/mol. The lowest BCUT2D eigenvalue weighted by molar-refractivity contribution is -0.134. The number of benzene rings is 2. The summed E-state index contributed by atoms with van der Waals surface area (Å²) in [5.74, 6) is 0.500. The second kappa shape index (κ2) is 9.33. The maximum Gasteiger partial charge on any atom is 0.311 e. The van der Waals surface area contributed by atoms with Crippen LogP contribution in [0.3, 0.4) is 0 Å². The molecule has 0 fully saturated rings. The Bertz CT molecular complexity index is 655. The van der Waals surface area contributed by atoms with Crippen molar-refractivity contribution < 1.29 is 14.3 Å². The Morgan fingerprint density at radius 2 is 1.83 bits per heavy atom. The molecular weight excluding hydrogens is 324 g/mol. The molecule has 0 aliphatic rings. The molecule has 0 aromatic heterocycles. The van der Waals surface area contributed by atoms with E-state index in [0.717, 1.165) is 24.8 Å². The zero-order valence-electron chi connectivity index (χ0n) is 14.1. The van der Waals surface area contributed by atoms with Crippen molar-refractivity contribution in [3.63, 3.8) is 0 Å². The SMILES string of the molecule is CCCCC(=O)Oc1c(Cl)cccc1OC(CC)c1ccccc1. The molecule has 2 aromatic carbocycles. The first-order valence-corrected chi connectivity index (χ1v) is 8.74. The summed E-state index contributed by atoms with van der Waals surface area (Å²) in [6.45, 7) is 4.08. The summed E-state index contributed by atoms with van der Waals surface area (Å²) in [5.41, 5.74) is 1.07. The van der Waals surface area contributed by atoms with Gasteiger partial charge in [0.25, 0.3) is 0 Å². The number of ether oxygens (including phenoxy) is 2. The Labute approximate surface area is 148 Å². The van der Waals surface area contributed by atoms with Crippen molar-refractivity contribution in [3.05, 3.63) is 59.1 Å². The summed E-state index contributed by atoms with van der Waals surface area (Å²) in [7, 11) is 0. The van der Waals surface area contributed by atoms with Crippen LogP contribution in [0.4, 0.5) is 0 Å². The number of carbonyl (C=O) groups excluding carboxylic acids is 1. The minimum atomic E-state index is -0.289. The first kappa shape index (κ1) is 18.3. The molecule has 0 aliphatic heterocycles. The molecule has 0 radical (unpaired) electrons. The quantitative estimate of drug-likeness (QED) is 0.436. The van der Waals surface area contributed by atoms with Gasteiger partial charge in [0, 0.05) is 6.42 Å². The van der Waals surface area contributed by atoms with Crippen LogP contribution in [0, 0.1) is 0 Å². The Kier molecular flexibility index (Phi) is 7.13. The van der Waals surface area contributed by atoms with Crippen molar-refractivity contribution >= 4 is 17.6 Å². The van der Waals surface area contributed by atoms with E-state index in [0.29, 0.717) is 22.9 Å². The number of halogens is 1. The van der Waals surface area contributed by atoms with E-state index in [1.807, 2.05) is 37.3 Å². The van der Waals surface area contributed by atoms with Crippen molar-refractivity contribution in [3.8, 4) is 11.5 Å². The molecule has 2 rings (SSSR count). The van der Waals surface area contributed by atoms with Gasteiger partial charge in [0.1, 0.15) is 6.10 Å². The molecule has 24 heavy (non-hydrogen) atoms. The maximum atomic E-state index is 12.0. The summed E-state index contributed by atoms with van der Waals surface area (Å²) < 4.78 is 11.6. The third-order valence-electron chi connectivity index (χ3n) is 3.69. The molecule has 0 saturated carbocycles. The van der Waals surface area contributed by atoms with E-state index in [2.05, 4.69) is 6.92 Å². The Hall–Kier alpha value is -2.00. The second-order valence-electron chi connectivity index (χ2n) is 5.57. The molecule has 2 aromatic rings. The molecule has 0 aliphatic carbocycles. The highest BCUT2D eigenvalue weighted by atomic mass is 35.5. The van der Waals surface area contributed by atoms with Gasteiger partial charge in [-0.3, -0.25) is 4.79 Å². The zero-order chi connectivity index (χ0) is 17.4. The summed E-state index contributed by atoms with van der Waals surface area (Å²) >= 11 is 6.22. The van der Waals surface area contributed by atoms with Crippen LogP contribution in [0.15, 0.2) is 48.5 Å². The van der Waals surface area contributed by atoms with E-state index >= 15 is 0 Å². The van der Waals surface area contributed by atoms with Crippen molar-refractivity contribution in [1.29, 1.82) is 0 Å². The Morgan fingerprint density at radius 1 is 1.08 bits per heavy atom. The molecule has 3 nitrogen and oxygen atoms in total. The van der Waals surface area contributed by atoms with Gasteiger partial charge < -0.3 is 9.47 Å². The summed E-state index contributed by atoms with van der Waals surface area (Å²) in [5, 5.41) is 0.375. The average molecular weight is 347 g/mol. The van der Waals surface area contributed by atoms with Crippen molar-refractivity contribution in [2.24, 2.45) is 0 Å². The van der Waals surface area contributed by atoms with Gasteiger partial charge in [0.2, 0.25) is 0 Å². The molecule has 1 atom stereocenters. The van der Waals surface area contributed by atoms with Crippen molar-refractivity contribution in [1.82, 2.24) is 0 Å². The number of unbranched alkanes of at least 4 members (excludes halogenated alkanes) is 1. The normalized spacial score (nSPS) is 11.8. The van der Waals surface area contributed by atoms with Gasteiger partial charge in [-0.25, -0.2) is 0 Å². The van der Waals surface area contributed by atoms with E-state index in [1.54, 1.807) is 18.2 Å². The summed E-state index contributed by atoms with van der Waals surface area (Å²) in [6.07, 6.45) is 2.77. The molecule has 4 heteroatoms. The average Bonchev–Trinajstić information content (AvgIpc) is 2.61. The van der Waals surface area contributed by atoms with Gasteiger partial charge >= 0.3 is 5.97 Å². The smallest absolute Gasteiger partial charge is 0.311 e. The first-order valence-electron chi connectivity index (χ1n) is 8.36. The van der Waals surface area contributed by atoms with Crippen LogP contribution in [0.25, 0.3) is 0 Å². The number of rotatable bonds is 8. The minimum absolute atomic E-state index is 0.127. The van der Waals surface area contributed by atoms with Gasteiger partial charge in [0.05, 0.1) is 5.02 Å².